The van der Waals surface area contributed by atoms with Crippen LogP contribution in [0.1, 0.15) is 46.0 Å². The zero-order valence-electron chi connectivity index (χ0n) is 13.1. The largest absolute Gasteiger partial charge is 0.319 e. The summed E-state index contributed by atoms with van der Waals surface area (Å²) in [5, 5.41) is 3.53. The molecule has 1 aliphatic heterocycles. The van der Waals surface area contributed by atoms with Crippen LogP contribution < -0.4 is 5.32 Å². The maximum absolute atomic E-state index is 12.8. The lowest BCUT2D eigenvalue weighted by atomic mass is 9.96. The molecule has 1 fully saturated rings. The van der Waals surface area contributed by atoms with Crippen LogP contribution in [0.15, 0.2) is 12.4 Å². The number of hydrogen-bond acceptors (Lipinski definition) is 3. The molecule has 0 radical (unpaired) electrons. The molecule has 0 amide bonds. The summed E-state index contributed by atoms with van der Waals surface area (Å²) in [5.74, 6) is 1.03. The number of rotatable bonds is 5. The summed E-state index contributed by atoms with van der Waals surface area (Å²) in [5.41, 5.74) is 0.119. The van der Waals surface area contributed by atoms with Crippen molar-refractivity contribution < 1.29 is 8.78 Å². The van der Waals surface area contributed by atoms with Crippen molar-refractivity contribution in [3.05, 3.63) is 18.2 Å². The third-order valence-corrected chi connectivity index (χ3v) is 3.85. The third-order valence-electron chi connectivity index (χ3n) is 3.85. The Morgan fingerprint density at radius 3 is 2.86 bits per heavy atom. The van der Waals surface area contributed by atoms with Gasteiger partial charge in [0.25, 0.3) is 0 Å². The Labute approximate surface area is 125 Å². The average Bonchev–Trinajstić information content (AvgIpc) is 2.84. The highest BCUT2D eigenvalue weighted by Crippen LogP contribution is 2.20. The number of halogens is 2. The van der Waals surface area contributed by atoms with Gasteiger partial charge >= 0.3 is 6.55 Å². The van der Waals surface area contributed by atoms with Crippen LogP contribution >= 0.6 is 0 Å². The SMILES string of the molecule is CC(C)(C)NCC1CCCN(Cc2nccn2C(F)F)C1. The van der Waals surface area contributed by atoms with Crippen molar-refractivity contribution in [2.75, 3.05) is 19.6 Å². The van der Waals surface area contributed by atoms with Gasteiger partial charge in [-0.2, -0.15) is 8.78 Å². The number of aromatic nitrogens is 2. The molecule has 0 saturated carbocycles. The van der Waals surface area contributed by atoms with Crippen molar-refractivity contribution in [2.45, 2.75) is 52.2 Å². The number of nitrogens with one attached hydrogen (secondary N) is 1. The van der Waals surface area contributed by atoms with E-state index in [1.807, 2.05) is 0 Å². The van der Waals surface area contributed by atoms with Gasteiger partial charge in [-0.1, -0.05) is 0 Å². The molecule has 1 unspecified atom stereocenters. The smallest absolute Gasteiger partial charge is 0.312 e. The van der Waals surface area contributed by atoms with Crippen molar-refractivity contribution in [3.63, 3.8) is 0 Å². The minimum absolute atomic E-state index is 0.119. The predicted octanol–water partition coefficient (Wildman–Crippen LogP) is 2.88. The molecular formula is C15H26F2N4. The first-order chi connectivity index (χ1) is 9.85. The molecule has 1 atom stereocenters. The fourth-order valence-corrected chi connectivity index (χ4v) is 2.76. The van der Waals surface area contributed by atoms with E-state index in [1.54, 1.807) is 0 Å². The van der Waals surface area contributed by atoms with E-state index < -0.39 is 6.55 Å². The summed E-state index contributed by atoms with van der Waals surface area (Å²) in [6, 6.07) is 0. The van der Waals surface area contributed by atoms with Gasteiger partial charge < -0.3 is 5.32 Å². The Balaban J connectivity index is 1.88. The van der Waals surface area contributed by atoms with E-state index >= 15 is 0 Å². The van der Waals surface area contributed by atoms with Gasteiger partial charge in [0.2, 0.25) is 0 Å². The molecule has 1 aromatic heterocycles. The van der Waals surface area contributed by atoms with E-state index in [4.69, 9.17) is 0 Å². The fraction of sp³-hybridized carbons (Fsp3) is 0.800. The van der Waals surface area contributed by atoms with Crippen molar-refractivity contribution in [2.24, 2.45) is 5.92 Å². The lowest BCUT2D eigenvalue weighted by Crippen LogP contribution is -2.44. The molecule has 1 saturated heterocycles. The van der Waals surface area contributed by atoms with E-state index in [-0.39, 0.29) is 5.54 Å². The van der Waals surface area contributed by atoms with Crippen molar-refractivity contribution in [3.8, 4) is 0 Å². The van der Waals surface area contributed by atoms with Crippen LogP contribution in [0.5, 0.6) is 0 Å². The van der Waals surface area contributed by atoms with Crippen molar-refractivity contribution in [1.82, 2.24) is 19.8 Å². The monoisotopic (exact) mass is 300 g/mol. The van der Waals surface area contributed by atoms with E-state index in [2.05, 4.69) is 36.0 Å². The molecule has 0 aromatic carbocycles. The topological polar surface area (TPSA) is 33.1 Å². The van der Waals surface area contributed by atoms with E-state index in [0.29, 0.717) is 18.3 Å². The first kappa shape index (κ1) is 16.4. The molecule has 21 heavy (non-hydrogen) atoms. The first-order valence-corrected chi connectivity index (χ1v) is 7.62. The minimum Gasteiger partial charge on any atom is -0.312 e. The van der Waals surface area contributed by atoms with Crippen molar-refractivity contribution >= 4 is 0 Å². The molecule has 1 aliphatic rings. The van der Waals surface area contributed by atoms with Crippen LogP contribution in [-0.4, -0.2) is 39.6 Å². The number of nitrogens with zero attached hydrogens (tertiary/aromatic N) is 3. The fourth-order valence-electron chi connectivity index (χ4n) is 2.76. The second-order valence-electron chi connectivity index (χ2n) is 6.90. The van der Waals surface area contributed by atoms with Gasteiger partial charge in [-0.25, -0.2) is 4.98 Å². The van der Waals surface area contributed by atoms with Crippen LogP contribution in [0, 0.1) is 5.92 Å². The third kappa shape index (κ3) is 5.04. The zero-order valence-corrected chi connectivity index (χ0v) is 13.1. The van der Waals surface area contributed by atoms with Gasteiger partial charge in [0.15, 0.2) is 0 Å². The highest BCUT2D eigenvalue weighted by atomic mass is 19.3. The predicted molar refractivity (Wildman–Crippen MR) is 79.2 cm³/mol. The second-order valence-corrected chi connectivity index (χ2v) is 6.90. The molecule has 4 nitrogen and oxygen atoms in total. The number of alkyl halides is 2. The van der Waals surface area contributed by atoms with E-state index in [9.17, 15) is 8.78 Å². The molecule has 6 heteroatoms. The Morgan fingerprint density at radius 2 is 2.19 bits per heavy atom. The highest BCUT2D eigenvalue weighted by molar-refractivity contribution is 4.93. The van der Waals surface area contributed by atoms with Crippen LogP contribution in [0.4, 0.5) is 8.78 Å². The average molecular weight is 300 g/mol. The van der Waals surface area contributed by atoms with Crippen molar-refractivity contribution in [1.29, 1.82) is 0 Å². The summed E-state index contributed by atoms with van der Waals surface area (Å²) in [6.07, 6.45) is 5.11. The maximum Gasteiger partial charge on any atom is 0.319 e. The van der Waals surface area contributed by atoms with Gasteiger partial charge in [0, 0.05) is 24.5 Å². The summed E-state index contributed by atoms with van der Waals surface area (Å²) in [6.45, 7) is 7.35. The zero-order chi connectivity index (χ0) is 15.5. The normalized spacial score (nSPS) is 21.1. The Hall–Kier alpha value is -1.01. The number of likely N-dealkylation sites (tertiary alicyclic amines) is 1. The summed E-state index contributed by atoms with van der Waals surface area (Å²) in [4.78, 5) is 6.30. The molecule has 1 aromatic rings. The first-order valence-electron chi connectivity index (χ1n) is 7.62. The van der Waals surface area contributed by atoms with E-state index in [1.165, 1.54) is 18.8 Å². The van der Waals surface area contributed by atoms with Gasteiger partial charge in [-0.3, -0.25) is 9.47 Å². The maximum atomic E-state index is 12.8. The van der Waals surface area contributed by atoms with Gasteiger partial charge in [-0.15, -0.1) is 0 Å². The van der Waals surface area contributed by atoms with Crippen LogP contribution in [0.3, 0.4) is 0 Å². The molecule has 0 spiro atoms. The van der Waals surface area contributed by atoms with E-state index in [0.717, 1.165) is 30.6 Å². The molecule has 0 bridgehead atoms. The standard InChI is InChI=1S/C15H26F2N4/c1-15(2,3)19-9-12-5-4-7-20(10-12)11-13-18-6-8-21(13)14(16)17/h6,8,12,14,19H,4-5,7,9-11H2,1-3H3. The number of imidazole rings is 1. The summed E-state index contributed by atoms with van der Waals surface area (Å²) in [7, 11) is 0. The lowest BCUT2D eigenvalue weighted by Gasteiger charge is -2.34. The minimum atomic E-state index is -2.51. The lowest BCUT2D eigenvalue weighted by molar-refractivity contribution is 0.0617. The van der Waals surface area contributed by atoms with Gasteiger partial charge in [0.1, 0.15) is 5.82 Å². The summed E-state index contributed by atoms with van der Waals surface area (Å²) >= 11 is 0. The Morgan fingerprint density at radius 1 is 1.43 bits per heavy atom. The molecular weight excluding hydrogens is 274 g/mol. The second kappa shape index (κ2) is 6.83. The summed E-state index contributed by atoms with van der Waals surface area (Å²) < 4.78 is 26.6. The molecule has 0 aliphatic carbocycles. The molecule has 1 N–H and O–H groups in total. The molecule has 2 heterocycles. The molecule has 120 valence electrons. The van der Waals surface area contributed by atoms with Gasteiger partial charge in [0.05, 0.1) is 6.54 Å². The number of piperidine rings is 1. The highest BCUT2D eigenvalue weighted by Gasteiger charge is 2.23. The Kier molecular flexibility index (Phi) is 5.32. The quantitative estimate of drug-likeness (QED) is 0.907. The Bertz CT molecular complexity index is 439. The van der Waals surface area contributed by atoms with Crippen LogP contribution in [-0.2, 0) is 6.54 Å². The van der Waals surface area contributed by atoms with Gasteiger partial charge in [-0.05, 0) is 52.6 Å². The van der Waals surface area contributed by atoms with Crippen LogP contribution in [0.25, 0.3) is 0 Å². The molecule has 2 rings (SSSR count). The van der Waals surface area contributed by atoms with Crippen LogP contribution in [0.2, 0.25) is 0 Å². The number of hydrogen-bond donors (Lipinski definition) is 1.